The third-order valence-electron chi connectivity index (χ3n) is 4.46. The average molecular weight is 281 g/mol. The van der Waals surface area contributed by atoms with Gasteiger partial charge in [-0.25, -0.2) is 0 Å². The van der Waals surface area contributed by atoms with E-state index in [1.165, 1.54) is 31.2 Å². The van der Waals surface area contributed by atoms with E-state index < -0.39 is 0 Å². The van der Waals surface area contributed by atoms with Gasteiger partial charge in [0.25, 0.3) is 0 Å². The summed E-state index contributed by atoms with van der Waals surface area (Å²) in [6.45, 7) is 0. The molecular weight excluding hydrogens is 258 g/mol. The zero-order chi connectivity index (χ0) is 14.5. The molecule has 21 heavy (non-hydrogen) atoms. The Hall–Kier alpha value is -1.96. The van der Waals surface area contributed by atoms with Gasteiger partial charge in [0.15, 0.2) is 0 Å². The van der Waals surface area contributed by atoms with Gasteiger partial charge in [-0.1, -0.05) is 42.5 Å². The molecule has 110 valence electrons. The van der Waals surface area contributed by atoms with Gasteiger partial charge in [-0.3, -0.25) is 0 Å². The fourth-order valence-electron chi connectivity index (χ4n) is 3.28. The van der Waals surface area contributed by atoms with Crippen LogP contribution in [-0.2, 0) is 0 Å². The van der Waals surface area contributed by atoms with Crippen LogP contribution in [0.3, 0.4) is 0 Å². The number of hydrogen-bond donors (Lipinski definition) is 1. The van der Waals surface area contributed by atoms with Gasteiger partial charge in [-0.05, 0) is 49.3 Å². The second-order valence-corrected chi connectivity index (χ2v) is 5.80. The number of ether oxygens (including phenoxy) is 1. The van der Waals surface area contributed by atoms with Crippen molar-refractivity contribution in [2.24, 2.45) is 0 Å². The summed E-state index contributed by atoms with van der Waals surface area (Å²) in [5.74, 6) is 1.66. The molecule has 0 bridgehead atoms. The molecule has 1 aliphatic carbocycles. The van der Waals surface area contributed by atoms with Crippen LogP contribution in [0.5, 0.6) is 5.75 Å². The molecule has 0 radical (unpaired) electrons. The van der Waals surface area contributed by atoms with Gasteiger partial charge in [0.05, 0.1) is 12.8 Å². The van der Waals surface area contributed by atoms with Crippen LogP contribution < -0.4 is 10.1 Å². The number of rotatable bonds is 4. The lowest BCUT2D eigenvalue weighted by atomic mass is 9.82. The highest BCUT2D eigenvalue weighted by Crippen LogP contribution is 2.35. The Morgan fingerprint density at radius 1 is 0.857 bits per heavy atom. The summed E-state index contributed by atoms with van der Waals surface area (Å²) in [5.41, 5.74) is 2.61. The van der Waals surface area contributed by atoms with Crippen LogP contribution in [0.15, 0.2) is 54.6 Å². The average Bonchev–Trinajstić information content (AvgIpc) is 2.57. The van der Waals surface area contributed by atoms with Gasteiger partial charge < -0.3 is 10.1 Å². The maximum Gasteiger partial charge on any atom is 0.141 e. The van der Waals surface area contributed by atoms with Gasteiger partial charge in [-0.2, -0.15) is 0 Å². The Morgan fingerprint density at radius 3 is 2.24 bits per heavy atom. The molecule has 0 aliphatic heterocycles. The largest absolute Gasteiger partial charge is 0.495 e. The van der Waals surface area contributed by atoms with E-state index in [4.69, 9.17) is 4.74 Å². The molecule has 0 spiro atoms. The van der Waals surface area contributed by atoms with Crippen LogP contribution in [0.1, 0.15) is 37.2 Å². The quantitative estimate of drug-likeness (QED) is 0.866. The Labute approximate surface area is 127 Å². The second-order valence-electron chi connectivity index (χ2n) is 5.80. The van der Waals surface area contributed by atoms with Gasteiger partial charge in [0, 0.05) is 6.04 Å². The molecule has 2 aromatic rings. The summed E-state index contributed by atoms with van der Waals surface area (Å²) < 4.78 is 5.41. The molecule has 2 heteroatoms. The Morgan fingerprint density at radius 2 is 1.52 bits per heavy atom. The summed E-state index contributed by atoms with van der Waals surface area (Å²) >= 11 is 0. The van der Waals surface area contributed by atoms with Crippen molar-refractivity contribution >= 4 is 5.69 Å². The Kier molecular flexibility index (Phi) is 4.44. The van der Waals surface area contributed by atoms with Crippen LogP contribution in [0.2, 0.25) is 0 Å². The molecule has 2 nitrogen and oxygen atoms in total. The van der Waals surface area contributed by atoms with Crippen molar-refractivity contribution in [3.05, 3.63) is 60.2 Å². The number of hydrogen-bond acceptors (Lipinski definition) is 2. The summed E-state index contributed by atoms with van der Waals surface area (Å²) in [4.78, 5) is 0. The molecular formula is C19H23NO. The number of nitrogens with one attached hydrogen (secondary N) is 1. The predicted octanol–water partition coefficient (Wildman–Crippen LogP) is 4.83. The SMILES string of the molecule is COc1ccccc1NC1CCC(c2ccccc2)CC1. The van der Waals surface area contributed by atoms with Crippen LogP contribution in [0.4, 0.5) is 5.69 Å². The van der Waals surface area contributed by atoms with Crippen LogP contribution in [-0.4, -0.2) is 13.2 Å². The van der Waals surface area contributed by atoms with Crippen molar-refractivity contribution in [3.63, 3.8) is 0 Å². The van der Waals surface area contributed by atoms with Crippen molar-refractivity contribution in [2.75, 3.05) is 12.4 Å². The van der Waals surface area contributed by atoms with Crippen molar-refractivity contribution in [1.82, 2.24) is 0 Å². The first-order valence-corrected chi connectivity index (χ1v) is 7.81. The van der Waals surface area contributed by atoms with Crippen molar-refractivity contribution in [1.29, 1.82) is 0 Å². The third-order valence-corrected chi connectivity index (χ3v) is 4.46. The van der Waals surface area contributed by atoms with E-state index in [0.717, 1.165) is 17.4 Å². The lowest BCUT2D eigenvalue weighted by Crippen LogP contribution is -2.25. The van der Waals surface area contributed by atoms with E-state index in [-0.39, 0.29) is 0 Å². The molecule has 0 aromatic heterocycles. The number of benzene rings is 2. The van der Waals surface area contributed by atoms with E-state index in [2.05, 4.69) is 47.8 Å². The standard InChI is InChI=1S/C19H23NO/c1-21-19-10-6-5-9-18(19)20-17-13-11-16(12-14-17)15-7-3-2-4-8-15/h2-10,16-17,20H,11-14H2,1H3. The first-order valence-electron chi connectivity index (χ1n) is 7.81. The molecule has 0 saturated heterocycles. The van der Waals surface area contributed by atoms with E-state index in [1.807, 2.05) is 12.1 Å². The molecule has 1 saturated carbocycles. The molecule has 1 fully saturated rings. The molecule has 0 unspecified atom stereocenters. The van der Waals surface area contributed by atoms with E-state index in [1.54, 1.807) is 7.11 Å². The van der Waals surface area contributed by atoms with Gasteiger partial charge in [-0.15, -0.1) is 0 Å². The minimum Gasteiger partial charge on any atom is -0.495 e. The summed E-state index contributed by atoms with van der Waals surface area (Å²) in [7, 11) is 1.73. The van der Waals surface area contributed by atoms with Crippen LogP contribution in [0.25, 0.3) is 0 Å². The fourth-order valence-corrected chi connectivity index (χ4v) is 3.28. The molecule has 0 heterocycles. The normalized spacial score (nSPS) is 21.8. The monoisotopic (exact) mass is 281 g/mol. The highest BCUT2D eigenvalue weighted by molar-refractivity contribution is 5.56. The number of para-hydroxylation sites is 2. The molecule has 2 aromatic carbocycles. The molecule has 1 aliphatic rings. The topological polar surface area (TPSA) is 21.3 Å². The maximum absolute atomic E-state index is 5.41. The Balaban J connectivity index is 1.59. The molecule has 0 atom stereocenters. The second kappa shape index (κ2) is 6.66. The zero-order valence-electron chi connectivity index (χ0n) is 12.6. The maximum atomic E-state index is 5.41. The van der Waals surface area contributed by atoms with Crippen LogP contribution >= 0.6 is 0 Å². The fraction of sp³-hybridized carbons (Fsp3) is 0.368. The van der Waals surface area contributed by atoms with E-state index >= 15 is 0 Å². The number of methoxy groups -OCH3 is 1. The van der Waals surface area contributed by atoms with Crippen molar-refractivity contribution < 1.29 is 4.74 Å². The summed E-state index contributed by atoms with van der Waals surface area (Å²) in [6, 6.07) is 19.6. The van der Waals surface area contributed by atoms with Crippen molar-refractivity contribution in [3.8, 4) is 5.75 Å². The minimum absolute atomic E-state index is 0.557. The number of anilines is 1. The highest BCUT2D eigenvalue weighted by Gasteiger charge is 2.22. The van der Waals surface area contributed by atoms with E-state index in [9.17, 15) is 0 Å². The lowest BCUT2D eigenvalue weighted by molar-refractivity contribution is 0.402. The van der Waals surface area contributed by atoms with Gasteiger partial charge in [0.1, 0.15) is 5.75 Å². The summed E-state index contributed by atoms with van der Waals surface area (Å²) in [6.07, 6.45) is 4.96. The van der Waals surface area contributed by atoms with Crippen LogP contribution in [0, 0.1) is 0 Å². The van der Waals surface area contributed by atoms with Gasteiger partial charge >= 0.3 is 0 Å². The lowest BCUT2D eigenvalue weighted by Gasteiger charge is -2.30. The van der Waals surface area contributed by atoms with Gasteiger partial charge in [0.2, 0.25) is 0 Å². The third kappa shape index (κ3) is 3.38. The minimum atomic E-state index is 0.557. The highest BCUT2D eigenvalue weighted by atomic mass is 16.5. The smallest absolute Gasteiger partial charge is 0.141 e. The first kappa shape index (κ1) is 14.0. The first-order chi connectivity index (χ1) is 10.4. The molecule has 1 N–H and O–H groups in total. The van der Waals surface area contributed by atoms with Crippen molar-refractivity contribution in [2.45, 2.75) is 37.6 Å². The zero-order valence-corrected chi connectivity index (χ0v) is 12.6. The Bertz CT molecular complexity index is 559. The van der Waals surface area contributed by atoms with E-state index in [0.29, 0.717) is 6.04 Å². The molecule has 3 rings (SSSR count). The molecule has 0 amide bonds. The summed E-state index contributed by atoms with van der Waals surface area (Å²) in [5, 5.41) is 3.65. The predicted molar refractivity (Wildman–Crippen MR) is 88.1 cm³/mol.